The van der Waals surface area contributed by atoms with Gasteiger partial charge in [0.2, 0.25) is 0 Å². The van der Waals surface area contributed by atoms with Crippen LogP contribution in [-0.4, -0.2) is 28.0 Å². The largest absolute Gasteiger partial charge is 0.366 e. The summed E-state index contributed by atoms with van der Waals surface area (Å²) in [7, 11) is 0. The molecule has 0 amide bonds. The highest BCUT2D eigenvalue weighted by Crippen LogP contribution is 2.14. The molecule has 1 heterocycles. The summed E-state index contributed by atoms with van der Waals surface area (Å²) in [6.45, 7) is 2.15. The average molecular weight is 309 g/mol. The molecule has 0 aliphatic carbocycles. The topological polar surface area (TPSA) is 37.8 Å². The van der Waals surface area contributed by atoms with E-state index >= 15 is 0 Å². The first-order valence-corrected chi connectivity index (χ1v) is 6.42. The normalized spacial score (nSPS) is 12.5. The molecule has 1 rings (SSSR count). The summed E-state index contributed by atoms with van der Waals surface area (Å²) in [6, 6.07) is 0.443. The summed E-state index contributed by atoms with van der Waals surface area (Å²) < 4.78 is 1.06. The minimum absolute atomic E-state index is 0.443. The molecule has 1 atom stereocenters. The van der Waals surface area contributed by atoms with Gasteiger partial charge in [-0.05, 0) is 35.8 Å². The van der Waals surface area contributed by atoms with E-state index in [4.69, 9.17) is 0 Å². The van der Waals surface area contributed by atoms with Gasteiger partial charge in [0.25, 0.3) is 0 Å². The van der Waals surface area contributed by atoms with Crippen LogP contribution in [0.15, 0.2) is 12.5 Å². The summed E-state index contributed by atoms with van der Waals surface area (Å²) in [4.78, 5) is 8.10. The monoisotopic (exact) mass is 309 g/mol. The first-order chi connectivity index (χ1) is 6.24. The molecule has 0 fully saturated rings. The van der Waals surface area contributed by atoms with Crippen LogP contribution in [0.4, 0.5) is 5.82 Å². The molecule has 1 aromatic rings. The van der Waals surface area contributed by atoms with Crippen molar-refractivity contribution in [2.75, 3.05) is 17.3 Å². The number of aromatic nitrogens is 2. The van der Waals surface area contributed by atoms with Crippen LogP contribution in [0.2, 0.25) is 0 Å². The Morgan fingerprint density at radius 1 is 1.69 bits per heavy atom. The molecule has 0 bridgehead atoms. The van der Waals surface area contributed by atoms with Crippen molar-refractivity contribution in [3.8, 4) is 0 Å². The van der Waals surface area contributed by atoms with E-state index in [1.807, 2.05) is 18.0 Å². The average Bonchev–Trinajstić information content (AvgIpc) is 2.09. The lowest BCUT2D eigenvalue weighted by molar-refractivity contribution is 0.897. The predicted octanol–water partition coefficient (Wildman–Crippen LogP) is 2.24. The first-order valence-electron chi connectivity index (χ1n) is 3.95. The number of thioether (sulfide) groups is 1. The summed E-state index contributed by atoms with van der Waals surface area (Å²) in [5.41, 5.74) is 0. The zero-order chi connectivity index (χ0) is 9.68. The van der Waals surface area contributed by atoms with Crippen molar-refractivity contribution in [2.24, 2.45) is 0 Å². The zero-order valence-corrected chi connectivity index (χ0v) is 10.6. The molecule has 0 aliphatic rings. The molecule has 1 N–H and O–H groups in total. The highest BCUT2D eigenvalue weighted by atomic mass is 127. The van der Waals surface area contributed by atoms with Crippen molar-refractivity contribution < 1.29 is 0 Å². The Bertz CT molecular complexity index is 269. The summed E-state index contributed by atoms with van der Waals surface area (Å²) >= 11 is 4.05. The lowest BCUT2D eigenvalue weighted by Crippen LogP contribution is -2.19. The fourth-order valence-electron chi connectivity index (χ4n) is 0.944. The van der Waals surface area contributed by atoms with Crippen LogP contribution in [0.5, 0.6) is 0 Å². The molecule has 0 aromatic carbocycles. The number of rotatable bonds is 4. The molecule has 0 aliphatic heterocycles. The van der Waals surface area contributed by atoms with Crippen molar-refractivity contribution in [1.29, 1.82) is 0 Å². The van der Waals surface area contributed by atoms with Gasteiger partial charge in [-0.1, -0.05) is 0 Å². The van der Waals surface area contributed by atoms with Gasteiger partial charge >= 0.3 is 0 Å². The molecule has 0 saturated heterocycles. The van der Waals surface area contributed by atoms with Gasteiger partial charge in [-0.2, -0.15) is 11.8 Å². The Balaban J connectivity index is 2.58. The van der Waals surface area contributed by atoms with E-state index in [0.717, 1.165) is 15.1 Å². The fraction of sp³-hybridized carbons (Fsp3) is 0.500. The van der Waals surface area contributed by atoms with Gasteiger partial charge in [0.15, 0.2) is 0 Å². The lowest BCUT2D eigenvalue weighted by atomic mass is 10.4. The number of hydrogen-bond donors (Lipinski definition) is 1. The Labute approximate surface area is 96.3 Å². The third kappa shape index (κ3) is 3.68. The van der Waals surface area contributed by atoms with Crippen LogP contribution < -0.4 is 5.32 Å². The molecule has 13 heavy (non-hydrogen) atoms. The minimum Gasteiger partial charge on any atom is -0.366 e. The van der Waals surface area contributed by atoms with Gasteiger partial charge in [0.1, 0.15) is 12.1 Å². The second-order valence-corrected chi connectivity index (χ2v) is 4.79. The quantitative estimate of drug-likeness (QED) is 0.866. The van der Waals surface area contributed by atoms with Crippen molar-refractivity contribution in [3.63, 3.8) is 0 Å². The Morgan fingerprint density at radius 3 is 3.08 bits per heavy atom. The molecule has 5 heteroatoms. The highest BCUT2D eigenvalue weighted by molar-refractivity contribution is 14.1. The third-order valence-corrected chi connectivity index (χ3v) is 3.09. The number of halogens is 1. The van der Waals surface area contributed by atoms with Gasteiger partial charge in [-0.25, -0.2) is 9.97 Å². The van der Waals surface area contributed by atoms with Crippen molar-refractivity contribution in [3.05, 3.63) is 16.1 Å². The second kappa shape index (κ2) is 5.64. The third-order valence-electron chi connectivity index (χ3n) is 1.47. The van der Waals surface area contributed by atoms with E-state index in [0.29, 0.717) is 6.04 Å². The molecule has 0 saturated carbocycles. The van der Waals surface area contributed by atoms with Crippen LogP contribution in [0.25, 0.3) is 0 Å². The Kier molecular flexibility index (Phi) is 4.79. The highest BCUT2D eigenvalue weighted by Gasteiger charge is 2.04. The van der Waals surface area contributed by atoms with Gasteiger partial charge in [0.05, 0.1) is 3.57 Å². The van der Waals surface area contributed by atoms with Crippen LogP contribution in [0.1, 0.15) is 6.92 Å². The fourth-order valence-corrected chi connectivity index (χ4v) is 1.98. The van der Waals surface area contributed by atoms with Gasteiger partial charge in [-0.3, -0.25) is 0 Å². The SMILES string of the molecule is CSCC(C)Nc1ncncc1I. The van der Waals surface area contributed by atoms with E-state index < -0.39 is 0 Å². The predicted molar refractivity (Wildman–Crippen MR) is 66.2 cm³/mol. The van der Waals surface area contributed by atoms with Crippen LogP contribution in [-0.2, 0) is 0 Å². The maximum absolute atomic E-state index is 4.16. The standard InChI is InChI=1S/C8H12IN3S/c1-6(4-13-2)12-8-7(9)3-10-5-11-8/h3,5-6H,4H2,1-2H3,(H,10,11,12). The van der Waals surface area contributed by atoms with Crippen molar-refractivity contribution in [1.82, 2.24) is 9.97 Å². The maximum atomic E-state index is 4.16. The second-order valence-electron chi connectivity index (χ2n) is 2.72. The maximum Gasteiger partial charge on any atom is 0.143 e. The van der Waals surface area contributed by atoms with Gasteiger partial charge in [-0.15, -0.1) is 0 Å². The van der Waals surface area contributed by atoms with Crippen molar-refractivity contribution in [2.45, 2.75) is 13.0 Å². The zero-order valence-electron chi connectivity index (χ0n) is 7.62. The summed E-state index contributed by atoms with van der Waals surface area (Å²) in [5.74, 6) is 2.01. The van der Waals surface area contributed by atoms with Crippen LogP contribution in [0.3, 0.4) is 0 Å². The van der Waals surface area contributed by atoms with Crippen LogP contribution >= 0.6 is 34.4 Å². The minimum atomic E-state index is 0.443. The van der Waals surface area contributed by atoms with E-state index in [2.05, 4.69) is 51.1 Å². The molecular formula is C8H12IN3S. The van der Waals surface area contributed by atoms with E-state index in [-0.39, 0.29) is 0 Å². The van der Waals surface area contributed by atoms with E-state index in [1.54, 1.807) is 6.33 Å². The van der Waals surface area contributed by atoms with Crippen molar-refractivity contribution >= 4 is 40.2 Å². The molecule has 1 aromatic heterocycles. The number of nitrogens with one attached hydrogen (secondary N) is 1. The number of hydrogen-bond acceptors (Lipinski definition) is 4. The molecular weight excluding hydrogens is 297 g/mol. The molecule has 72 valence electrons. The van der Waals surface area contributed by atoms with Gasteiger partial charge < -0.3 is 5.32 Å². The van der Waals surface area contributed by atoms with Gasteiger partial charge in [0, 0.05) is 18.0 Å². The Hall–Kier alpha value is -0.0400. The lowest BCUT2D eigenvalue weighted by Gasteiger charge is -2.13. The first kappa shape index (κ1) is 11.0. The molecule has 0 radical (unpaired) electrons. The number of nitrogens with zero attached hydrogens (tertiary/aromatic N) is 2. The number of anilines is 1. The van der Waals surface area contributed by atoms with Crippen LogP contribution in [0, 0.1) is 3.57 Å². The molecule has 3 nitrogen and oxygen atoms in total. The van der Waals surface area contributed by atoms with E-state index in [1.165, 1.54) is 0 Å². The Morgan fingerprint density at radius 2 is 2.46 bits per heavy atom. The summed E-state index contributed by atoms with van der Waals surface area (Å²) in [6.07, 6.45) is 5.47. The smallest absolute Gasteiger partial charge is 0.143 e. The molecule has 1 unspecified atom stereocenters. The summed E-state index contributed by atoms with van der Waals surface area (Å²) in [5, 5.41) is 3.33. The van der Waals surface area contributed by atoms with E-state index in [9.17, 15) is 0 Å². The molecule has 0 spiro atoms.